The largest absolute Gasteiger partial charge is 0.393 e. The quantitative estimate of drug-likeness (QED) is 0.294. The Labute approximate surface area is 64.9 Å². The molecule has 0 aromatic carbocycles. The highest BCUT2D eigenvalue weighted by Gasteiger charge is 1.92. The van der Waals surface area contributed by atoms with Crippen LogP contribution in [0.4, 0.5) is 0 Å². The van der Waals surface area contributed by atoms with Crippen LogP contribution in [0.5, 0.6) is 0 Å². The van der Waals surface area contributed by atoms with E-state index < -0.39 is 19.0 Å². The fraction of sp³-hybridized carbons (Fsp3) is 0.833. The van der Waals surface area contributed by atoms with Crippen molar-refractivity contribution in [2.75, 3.05) is 6.61 Å². The average molecular weight is 166 g/mol. The first-order chi connectivity index (χ1) is 5.08. The van der Waals surface area contributed by atoms with Crippen molar-refractivity contribution in [1.29, 1.82) is 0 Å². The fourth-order valence-electron chi connectivity index (χ4n) is 0.0430. The van der Waals surface area contributed by atoms with E-state index in [0.717, 1.165) is 0 Å². The monoisotopic (exact) mass is 166 g/mol. The molecule has 0 fully saturated rings. The summed E-state index contributed by atoms with van der Waals surface area (Å²) in [5, 5.41) is 31.7. The first kappa shape index (κ1) is 13.1. The molecule has 1 unspecified atom stereocenters. The van der Waals surface area contributed by atoms with Crippen LogP contribution in [-0.2, 0) is 4.79 Å². The Kier molecular flexibility index (Phi) is 11.3. The van der Waals surface area contributed by atoms with E-state index in [2.05, 4.69) is 0 Å². The van der Waals surface area contributed by atoms with Crippen molar-refractivity contribution >= 4 is 6.29 Å². The lowest BCUT2D eigenvalue weighted by Crippen LogP contribution is -2.12. The van der Waals surface area contributed by atoms with Crippen LogP contribution >= 0.6 is 0 Å². The van der Waals surface area contributed by atoms with Crippen molar-refractivity contribution in [3.63, 3.8) is 0 Å². The predicted molar refractivity (Wildman–Crippen MR) is 37.7 cm³/mol. The van der Waals surface area contributed by atoms with Gasteiger partial charge in [0.25, 0.3) is 0 Å². The molecule has 5 heteroatoms. The van der Waals surface area contributed by atoms with E-state index in [9.17, 15) is 4.79 Å². The third kappa shape index (κ3) is 17.7. The van der Waals surface area contributed by atoms with Gasteiger partial charge in [0.2, 0.25) is 0 Å². The Morgan fingerprint density at radius 2 is 1.73 bits per heavy atom. The zero-order chi connectivity index (χ0) is 9.28. The SMILES string of the molecule is CCC(O)O.O=CC(O)CO. The average Bonchev–Trinajstić information content (AvgIpc) is 2.04. The van der Waals surface area contributed by atoms with Gasteiger partial charge < -0.3 is 25.2 Å². The summed E-state index contributed by atoms with van der Waals surface area (Å²) in [5.41, 5.74) is 0. The topological polar surface area (TPSA) is 98.0 Å². The lowest BCUT2D eigenvalue weighted by Gasteiger charge is -1.90. The normalized spacial score (nSPS) is 11.8. The van der Waals surface area contributed by atoms with Gasteiger partial charge in [0, 0.05) is 0 Å². The van der Waals surface area contributed by atoms with E-state index in [0.29, 0.717) is 6.42 Å². The molecule has 1 atom stereocenters. The second-order valence-electron chi connectivity index (χ2n) is 1.77. The number of hydrogen-bond acceptors (Lipinski definition) is 5. The van der Waals surface area contributed by atoms with Crippen molar-refractivity contribution in [3.8, 4) is 0 Å². The molecule has 5 nitrogen and oxygen atoms in total. The van der Waals surface area contributed by atoms with Gasteiger partial charge in [0.1, 0.15) is 6.10 Å². The van der Waals surface area contributed by atoms with Crippen LogP contribution in [0.25, 0.3) is 0 Å². The molecule has 68 valence electrons. The summed E-state index contributed by atoms with van der Waals surface area (Å²) in [6, 6.07) is 0. The van der Waals surface area contributed by atoms with Gasteiger partial charge in [-0.25, -0.2) is 0 Å². The number of aliphatic hydroxyl groups excluding tert-OH is 3. The van der Waals surface area contributed by atoms with E-state index in [-0.39, 0.29) is 6.29 Å². The van der Waals surface area contributed by atoms with Crippen molar-refractivity contribution in [1.82, 2.24) is 0 Å². The van der Waals surface area contributed by atoms with Crippen LogP contribution in [0, 0.1) is 0 Å². The summed E-state index contributed by atoms with van der Waals surface area (Å²) in [5.74, 6) is 0. The summed E-state index contributed by atoms with van der Waals surface area (Å²) < 4.78 is 0. The Morgan fingerprint density at radius 3 is 1.73 bits per heavy atom. The molecule has 0 radical (unpaired) electrons. The van der Waals surface area contributed by atoms with E-state index >= 15 is 0 Å². The molecule has 0 aliphatic rings. The van der Waals surface area contributed by atoms with Crippen LogP contribution < -0.4 is 0 Å². The summed E-state index contributed by atoms with van der Waals surface area (Å²) in [4.78, 5) is 9.33. The van der Waals surface area contributed by atoms with Gasteiger partial charge in [-0.2, -0.15) is 0 Å². The Morgan fingerprint density at radius 1 is 1.36 bits per heavy atom. The van der Waals surface area contributed by atoms with Crippen molar-refractivity contribution in [2.45, 2.75) is 25.7 Å². The molecule has 0 amide bonds. The highest BCUT2D eigenvalue weighted by molar-refractivity contribution is 5.55. The Balaban J connectivity index is 0. The maximum atomic E-state index is 9.33. The lowest BCUT2D eigenvalue weighted by atomic mass is 10.4. The zero-order valence-corrected chi connectivity index (χ0v) is 6.34. The highest BCUT2D eigenvalue weighted by atomic mass is 16.5. The van der Waals surface area contributed by atoms with Crippen LogP contribution in [0.15, 0.2) is 0 Å². The van der Waals surface area contributed by atoms with Gasteiger partial charge in [0.05, 0.1) is 6.61 Å². The standard InChI is InChI=1S/C3H6O3.C3H8O2/c4-1-3(6)2-5;1-2-3(4)5/h1,3,5-6H,2H2;3-5H,2H2,1H3. The maximum absolute atomic E-state index is 9.33. The van der Waals surface area contributed by atoms with Gasteiger partial charge in [-0.3, -0.25) is 0 Å². The Hall–Kier alpha value is -0.490. The zero-order valence-electron chi connectivity index (χ0n) is 6.34. The van der Waals surface area contributed by atoms with E-state index in [1.807, 2.05) is 0 Å². The lowest BCUT2D eigenvalue weighted by molar-refractivity contribution is -0.116. The van der Waals surface area contributed by atoms with Crippen molar-refractivity contribution in [3.05, 3.63) is 0 Å². The van der Waals surface area contributed by atoms with Gasteiger partial charge >= 0.3 is 0 Å². The Bertz CT molecular complexity index is 83.0. The van der Waals surface area contributed by atoms with Crippen molar-refractivity contribution in [2.24, 2.45) is 0 Å². The molecule has 0 aliphatic heterocycles. The number of carbonyl (C=O) groups is 1. The molecule has 0 rings (SSSR count). The molecule has 0 heterocycles. The van der Waals surface area contributed by atoms with Gasteiger partial charge in [-0.05, 0) is 6.42 Å². The van der Waals surface area contributed by atoms with Gasteiger partial charge in [-0.1, -0.05) is 6.92 Å². The van der Waals surface area contributed by atoms with E-state index in [1.165, 1.54) is 0 Å². The summed E-state index contributed by atoms with van der Waals surface area (Å²) in [7, 11) is 0. The van der Waals surface area contributed by atoms with E-state index in [1.54, 1.807) is 6.92 Å². The molecular weight excluding hydrogens is 152 g/mol. The molecule has 0 saturated carbocycles. The first-order valence-electron chi connectivity index (χ1n) is 3.18. The summed E-state index contributed by atoms with van der Waals surface area (Å²) in [6.45, 7) is 1.22. The number of aldehydes is 1. The minimum absolute atomic E-state index is 0.278. The smallest absolute Gasteiger partial charge is 0.151 e. The molecule has 0 aromatic rings. The molecule has 0 aromatic heterocycles. The number of rotatable bonds is 3. The van der Waals surface area contributed by atoms with Crippen LogP contribution in [0.1, 0.15) is 13.3 Å². The molecule has 0 aliphatic carbocycles. The second kappa shape index (κ2) is 9.51. The van der Waals surface area contributed by atoms with Crippen LogP contribution in [-0.4, -0.2) is 45.7 Å². The highest BCUT2D eigenvalue weighted by Crippen LogP contribution is 1.77. The predicted octanol–water partition coefficient (Wildman–Crippen LogP) is -1.75. The summed E-state index contributed by atoms with van der Waals surface area (Å²) in [6.07, 6.45) is -1.61. The summed E-state index contributed by atoms with van der Waals surface area (Å²) >= 11 is 0. The molecule has 11 heavy (non-hydrogen) atoms. The molecular formula is C6H14O5. The third-order valence-electron chi connectivity index (χ3n) is 0.709. The maximum Gasteiger partial charge on any atom is 0.151 e. The number of aliphatic hydroxyl groups is 4. The molecule has 0 bridgehead atoms. The van der Waals surface area contributed by atoms with Crippen LogP contribution in [0.2, 0.25) is 0 Å². The number of carbonyl (C=O) groups excluding carboxylic acids is 1. The van der Waals surface area contributed by atoms with Gasteiger partial charge in [0.15, 0.2) is 12.6 Å². The van der Waals surface area contributed by atoms with E-state index in [4.69, 9.17) is 20.4 Å². The van der Waals surface area contributed by atoms with Crippen LogP contribution in [0.3, 0.4) is 0 Å². The van der Waals surface area contributed by atoms with Crippen molar-refractivity contribution < 1.29 is 25.2 Å². The third-order valence-corrected chi connectivity index (χ3v) is 0.709. The molecule has 0 spiro atoms. The second-order valence-corrected chi connectivity index (χ2v) is 1.77. The number of hydrogen-bond donors (Lipinski definition) is 4. The fourth-order valence-corrected chi connectivity index (χ4v) is 0.0430. The molecule has 4 N–H and O–H groups in total. The van der Waals surface area contributed by atoms with Gasteiger partial charge in [-0.15, -0.1) is 0 Å². The first-order valence-corrected chi connectivity index (χ1v) is 3.18. The minimum atomic E-state index is -1.19. The molecule has 0 saturated heterocycles. The minimum Gasteiger partial charge on any atom is -0.393 e.